The highest BCUT2D eigenvalue weighted by Gasteiger charge is 2.39. The van der Waals surface area contributed by atoms with Crippen LogP contribution >= 0.6 is 23.2 Å². The summed E-state index contributed by atoms with van der Waals surface area (Å²) >= 11 is 11.5. The van der Waals surface area contributed by atoms with Gasteiger partial charge in [-0.25, -0.2) is 36.6 Å². The molecule has 4 fully saturated rings. The van der Waals surface area contributed by atoms with Gasteiger partial charge in [-0.15, -0.1) is 0 Å². The number of alkyl halides is 4. The van der Waals surface area contributed by atoms with E-state index in [1.807, 2.05) is 24.3 Å². The molecule has 2 aliphatic heterocycles. The van der Waals surface area contributed by atoms with E-state index in [4.69, 9.17) is 28.3 Å². The summed E-state index contributed by atoms with van der Waals surface area (Å²) in [6.07, 6.45) is 4.67. The summed E-state index contributed by atoms with van der Waals surface area (Å²) < 4.78 is 57.2. The van der Waals surface area contributed by atoms with Gasteiger partial charge in [-0.1, -0.05) is 61.3 Å². The zero-order valence-corrected chi connectivity index (χ0v) is 37.6. The Morgan fingerprint density at radius 3 is 1.62 bits per heavy atom. The summed E-state index contributed by atoms with van der Waals surface area (Å²) in [5.41, 5.74) is 2.12. The van der Waals surface area contributed by atoms with Crippen LogP contribution < -0.4 is 16.4 Å². The van der Waals surface area contributed by atoms with Crippen molar-refractivity contribution in [2.45, 2.75) is 107 Å². The molecule has 13 nitrogen and oxygen atoms in total. The number of benzene rings is 2. The Hall–Kier alpha value is -4.97. The standard InChI is InChI=1S/C23H26ClF2N5O.C16H21F2N5O.C7H5ClO/c1-14-11-30(12-15-2-4-17(24)5-3-15)13-18(14)20-28-22(32)19-10-27-21(31(19)29-20)16-6-8-23(25,26)9-7-16;1-9-6-19-7-11(9)13-21-15(24)12-8-20-14(23(12)22-13)10-2-4-16(17,18)5-3-10;8-7-3-1-6(5-9)2-4-7/h2-5,10,14,16,18H,6-9,11-13H2,1H3,(H,28,29,32);8-11,19H,2-7H2,1H3,(H,21,22,24);1-5H. The Morgan fingerprint density at radius 1 is 0.677 bits per heavy atom. The largest absolute Gasteiger partial charge is 0.316 e. The van der Waals surface area contributed by atoms with Crippen LogP contribution in [0.15, 0.2) is 70.5 Å². The molecule has 0 bridgehead atoms. The van der Waals surface area contributed by atoms with Crippen molar-refractivity contribution in [3.63, 3.8) is 0 Å². The van der Waals surface area contributed by atoms with Crippen LogP contribution in [0.2, 0.25) is 10.0 Å². The molecule has 2 aromatic carbocycles. The normalized spacial score (nSPS) is 23.5. The molecular formula is C46H52Cl2F4N10O3. The molecule has 2 saturated carbocycles. The molecule has 0 spiro atoms. The predicted molar refractivity (Wildman–Crippen MR) is 240 cm³/mol. The van der Waals surface area contributed by atoms with Crippen LogP contribution in [0, 0.1) is 11.8 Å². The minimum atomic E-state index is -2.60. The molecule has 6 heterocycles. The van der Waals surface area contributed by atoms with Crippen molar-refractivity contribution in [2.24, 2.45) is 11.8 Å². The fourth-order valence-electron chi connectivity index (χ4n) is 9.47. The van der Waals surface area contributed by atoms with Gasteiger partial charge in [0, 0.05) is 91.1 Å². The summed E-state index contributed by atoms with van der Waals surface area (Å²) in [5.74, 6) is -1.93. The van der Waals surface area contributed by atoms with E-state index in [0.29, 0.717) is 87.5 Å². The number of halogens is 6. The molecule has 346 valence electrons. The number of fused-ring (bicyclic) bond motifs is 2. The molecule has 4 unspecified atom stereocenters. The maximum atomic E-state index is 13.6. The summed E-state index contributed by atoms with van der Waals surface area (Å²) in [7, 11) is 0. The molecule has 6 aromatic rings. The van der Waals surface area contributed by atoms with Crippen molar-refractivity contribution in [3.8, 4) is 0 Å². The van der Waals surface area contributed by atoms with Gasteiger partial charge in [-0.3, -0.25) is 19.3 Å². The average molecular weight is 940 g/mol. The third-order valence-corrected chi connectivity index (χ3v) is 13.8. The Kier molecular flexibility index (Phi) is 13.9. The Labute approximate surface area is 382 Å². The molecule has 3 N–H and O–H groups in total. The van der Waals surface area contributed by atoms with E-state index in [1.54, 1.807) is 33.3 Å². The van der Waals surface area contributed by atoms with Crippen molar-refractivity contribution in [2.75, 3.05) is 26.2 Å². The predicted octanol–water partition coefficient (Wildman–Crippen LogP) is 8.79. The molecule has 10 rings (SSSR count). The van der Waals surface area contributed by atoms with Gasteiger partial charge in [0.25, 0.3) is 11.1 Å². The highest BCUT2D eigenvalue weighted by Crippen LogP contribution is 2.42. The zero-order valence-electron chi connectivity index (χ0n) is 36.1. The van der Waals surface area contributed by atoms with E-state index in [-0.39, 0.29) is 60.5 Å². The van der Waals surface area contributed by atoms with E-state index < -0.39 is 11.8 Å². The second-order valence-electron chi connectivity index (χ2n) is 18.1. The fraction of sp³-hybridized carbons (Fsp3) is 0.500. The zero-order chi connectivity index (χ0) is 46.0. The first-order valence-corrected chi connectivity index (χ1v) is 22.9. The SMILES string of the molecule is CC1CN(Cc2ccc(Cl)cc2)CC1c1nn2c(C3CCC(F)(F)CC3)ncc2c(=O)[nH]1.CC1CNCC1c1nn2c(C3CCC(F)(F)CC3)ncc2c(=O)[nH]1.O=Cc1ccc(Cl)cc1. The second kappa shape index (κ2) is 19.5. The number of carbonyl (C=O) groups excluding carboxylic acids is 1. The fourth-order valence-corrected chi connectivity index (χ4v) is 9.72. The van der Waals surface area contributed by atoms with Gasteiger partial charge < -0.3 is 15.3 Å². The lowest BCUT2D eigenvalue weighted by atomic mass is 9.86. The van der Waals surface area contributed by atoms with Crippen LogP contribution in [-0.2, 0) is 6.54 Å². The Bertz CT molecular complexity index is 2700. The van der Waals surface area contributed by atoms with E-state index in [9.17, 15) is 31.9 Å². The van der Waals surface area contributed by atoms with Gasteiger partial charge in [0.1, 0.15) is 29.6 Å². The van der Waals surface area contributed by atoms with Crippen LogP contribution in [0.4, 0.5) is 17.6 Å². The molecule has 0 amide bonds. The summed E-state index contributed by atoms with van der Waals surface area (Å²) in [5, 5.41) is 14.0. The summed E-state index contributed by atoms with van der Waals surface area (Å²) in [6, 6.07) is 14.6. The maximum absolute atomic E-state index is 13.6. The Morgan fingerprint density at radius 2 is 1.15 bits per heavy atom. The number of aldehydes is 1. The van der Waals surface area contributed by atoms with Crippen LogP contribution in [-0.4, -0.2) is 88.4 Å². The van der Waals surface area contributed by atoms with Gasteiger partial charge in [0.15, 0.2) is 11.0 Å². The number of nitrogens with one attached hydrogen (secondary N) is 3. The minimum Gasteiger partial charge on any atom is -0.316 e. The van der Waals surface area contributed by atoms with Crippen LogP contribution in [0.3, 0.4) is 0 Å². The van der Waals surface area contributed by atoms with Crippen molar-refractivity contribution >= 4 is 40.5 Å². The first-order chi connectivity index (χ1) is 31.1. The molecule has 2 aliphatic carbocycles. The van der Waals surface area contributed by atoms with Crippen LogP contribution in [0.5, 0.6) is 0 Å². The average Bonchev–Trinajstić information content (AvgIpc) is 4.09. The van der Waals surface area contributed by atoms with Crippen molar-refractivity contribution in [1.82, 2.24) is 49.4 Å². The molecule has 19 heteroatoms. The highest BCUT2D eigenvalue weighted by atomic mass is 35.5. The second-order valence-corrected chi connectivity index (χ2v) is 19.0. The van der Waals surface area contributed by atoms with Gasteiger partial charge in [-0.2, -0.15) is 10.2 Å². The summed E-state index contributed by atoms with van der Waals surface area (Å²) in [4.78, 5) is 52.1. The lowest BCUT2D eigenvalue weighted by Gasteiger charge is -2.27. The van der Waals surface area contributed by atoms with Crippen molar-refractivity contribution < 1.29 is 22.4 Å². The maximum Gasteiger partial charge on any atom is 0.276 e. The lowest BCUT2D eigenvalue weighted by molar-refractivity contribution is -0.0394. The van der Waals surface area contributed by atoms with E-state index in [0.717, 1.165) is 39.0 Å². The number of carbonyl (C=O) groups is 1. The molecule has 65 heavy (non-hydrogen) atoms. The van der Waals surface area contributed by atoms with E-state index >= 15 is 0 Å². The van der Waals surface area contributed by atoms with Crippen molar-refractivity contribution in [3.05, 3.63) is 126 Å². The quantitative estimate of drug-likeness (QED) is 0.105. The lowest BCUT2D eigenvalue weighted by Crippen LogP contribution is -2.26. The highest BCUT2D eigenvalue weighted by molar-refractivity contribution is 6.30. The number of imidazole rings is 2. The molecule has 4 atom stereocenters. The number of rotatable bonds is 7. The number of aromatic amines is 2. The van der Waals surface area contributed by atoms with Gasteiger partial charge in [0.05, 0.1) is 12.4 Å². The summed E-state index contributed by atoms with van der Waals surface area (Å²) in [6.45, 7) is 8.41. The first-order valence-electron chi connectivity index (χ1n) is 22.2. The minimum absolute atomic E-state index is 0.0744. The Balaban J connectivity index is 0.000000153. The molecule has 4 aromatic heterocycles. The molecule has 0 radical (unpaired) electrons. The third kappa shape index (κ3) is 10.8. The number of H-pyrrole nitrogens is 2. The van der Waals surface area contributed by atoms with Crippen molar-refractivity contribution in [1.29, 1.82) is 0 Å². The van der Waals surface area contributed by atoms with E-state index in [2.05, 4.69) is 49.1 Å². The number of likely N-dealkylation sites (tertiary alicyclic amines) is 1. The monoisotopic (exact) mass is 938 g/mol. The smallest absolute Gasteiger partial charge is 0.276 e. The third-order valence-electron chi connectivity index (χ3n) is 13.3. The van der Waals surface area contributed by atoms with E-state index in [1.165, 1.54) is 18.0 Å². The van der Waals surface area contributed by atoms with Crippen LogP contribution in [0.25, 0.3) is 11.0 Å². The van der Waals surface area contributed by atoms with Crippen LogP contribution in [0.1, 0.15) is 128 Å². The molecule has 4 aliphatic rings. The number of hydrogen-bond donors (Lipinski definition) is 3. The van der Waals surface area contributed by atoms with Gasteiger partial charge in [-0.05, 0) is 73.9 Å². The molecule has 2 saturated heterocycles. The van der Waals surface area contributed by atoms with Gasteiger partial charge in [0.2, 0.25) is 11.8 Å². The molecular weight excluding hydrogens is 887 g/mol. The number of aromatic nitrogens is 8. The number of hydrogen-bond acceptors (Lipinski definition) is 9. The topological polar surface area (TPSA) is 158 Å². The first kappa shape index (κ1) is 46.6. The van der Waals surface area contributed by atoms with Gasteiger partial charge >= 0.3 is 0 Å². The number of nitrogens with zero attached hydrogens (tertiary/aromatic N) is 7.